The summed E-state index contributed by atoms with van der Waals surface area (Å²) in [5, 5.41) is 0. The van der Waals surface area contributed by atoms with E-state index < -0.39 is 0 Å². The lowest BCUT2D eigenvalue weighted by molar-refractivity contribution is -0.128. The second-order valence-electron chi connectivity index (χ2n) is 5.25. The quantitative estimate of drug-likeness (QED) is 0.760. The van der Waals surface area contributed by atoms with Crippen molar-refractivity contribution < 1.29 is 4.79 Å². The van der Waals surface area contributed by atoms with Crippen LogP contribution >= 0.6 is 0 Å². The molecule has 1 aliphatic carbocycles. The van der Waals surface area contributed by atoms with Crippen LogP contribution in [0, 0.1) is 11.3 Å². The van der Waals surface area contributed by atoms with Crippen LogP contribution in [0.3, 0.4) is 0 Å². The maximum Gasteiger partial charge on any atom is 0.140 e. The first-order valence-corrected chi connectivity index (χ1v) is 6.35. The molecule has 0 heterocycles. The molecule has 0 amide bonds. The number of Topliss-reactive ketones (excluding diaryl/α,β-unsaturated/α-hetero) is 1. The molecule has 1 saturated carbocycles. The fraction of sp³-hybridized carbons (Fsp3) is 0.923. The normalized spacial score (nSPS) is 22.3. The molecule has 0 bridgehead atoms. The zero-order valence-electron chi connectivity index (χ0n) is 10.2. The maximum atomic E-state index is 12.1. The number of hydrogen-bond donors (Lipinski definition) is 1. The fourth-order valence-corrected chi connectivity index (χ4v) is 2.36. The van der Waals surface area contributed by atoms with Gasteiger partial charge in [-0.05, 0) is 12.3 Å². The molecule has 2 N–H and O–H groups in total. The van der Waals surface area contributed by atoms with E-state index >= 15 is 0 Å². The van der Waals surface area contributed by atoms with Crippen molar-refractivity contribution in [3.63, 3.8) is 0 Å². The number of carbonyl (C=O) groups is 1. The first-order valence-electron chi connectivity index (χ1n) is 6.35. The van der Waals surface area contributed by atoms with Gasteiger partial charge in [0.25, 0.3) is 0 Å². The lowest BCUT2D eigenvalue weighted by Gasteiger charge is -2.28. The number of ketones is 1. The molecule has 0 aromatic heterocycles. The Morgan fingerprint density at radius 1 is 1.33 bits per heavy atom. The summed E-state index contributed by atoms with van der Waals surface area (Å²) in [6.45, 7) is 4.57. The van der Waals surface area contributed by atoms with Crippen LogP contribution in [0.4, 0.5) is 0 Å². The summed E-state index contributed by atoms with van der Waals surface area (Å²) >= 11 is 0. The van der Waals surface area contributed by atoms with E-state index in [1.807, 2.05) is 6.92 Å². The first-order chi connectivity index (χ1) is 7.12. The highest BCUT2D eigenvalue weighted by Crippen LogP contribution is 2.31. The molecule has 1 aliphatic rings. The Kier molecular flexibility index (Phi) is 4.78. The molecule has 0 aromatic carbocycles. The van der Waals surface area contributed by atoms with Gasteiger partial charge in [-0.3, -0.25) is 4.79 Å². The number of rotatable bonds is 5. The SMILES string of the molecule is CCC(C)(CN)C(=O)CC1CCCCC1. The van der Waals surface area contributed by atoms with Gasteiger partial charge in [-0.25, -0.2) is 0 Å². The minimum absolute atomic E-state index is 0.266. The number of carbonyl (C=O) groups excluding carboxylic acids is 1. The molecule has 0 aliphatic heterocycles. The Bertz CT molecular complexity index is 203. The van der Waals surface area contributed by atoms with Gasteiger partial charge in [0.15, 0.2) is 0 Å². The van der Waals surface area contributed by atoms with Crippen molar-refractivity contribution in [1.29, 1.82) is 0 Å². The van der Waals surface area contributed by atoms with Gasteiger partial charge >= 0.3 is 0 Å². The largest absolute Gasteiger partial charge is 0.329 e. The van der Waals surface area contributed by atoms with Crippen molar-refractivity contribution in [2.45, 2.75) is 58.8 Å². The lowest BCUT2D eigenvalue weighted by atomic mass is 9.76. The summed E-state index contributed by atoms with van der Waals surface area (Å²) < 4.78 is 0. The van der Waals surface area contributed by atoms with E-state index in [9.17, 15) is 4.79 Å². The van der Waals surface area contributed by atoms with Crippen LogP contribution in [0.5, 0.6) is 0 Å². The molecule has 15 heavy (non-hydrogen) atoms. The zero-order chi connectivity index (χ0) is 11.3. The van der Waals surface area contributed by atoms with Gasteiger partial charge in [0.1, 0.15) is 5.78 Å². The zero-order valence-corrected chi connectivity index (χ0v) is 10.2. The highest BCUT2D eigenvalue weighted by molar-refractivity contribution is 5.84. The van der Waals surface area contributed by atoms with Crippen molar-refractivity contribution in [2.24, 2.45) is 17.1 Å². The van der Waals surface area contributed by atoms with E-state index in [4.69, 9.17) is 5.73 Å². The van der Waals surface area contributed by atoms with E-state index in [-0.39, 0.29) is 5.41 Å². The summed E-state index contributed by atoms with van der Waals surface area (Å²) in [5.74, 6) is 1.03. The van der Waals surface area contributed by atoms with Crippen molar-refractivity contribution in [3.8, 4) is 0 Å². The highest BCUT2D eigenvalue weighted by atomic mass is 16.1. The van der Waals surface area contributed by atoms with Gasteiger partial charge in [-0.15, -0.1) is 0 Å². The summed E-state index contributed by atoms with van der Waals surface area (Å²) in [7, 11) is 0. The highest BCUT2D eigenvalue weighted by Gasteiger charge is 2.31. The molecule has 1 rings (SSSR count). The van der Waals surface area contributed by atoms with Crippen LogP contribution in [-0.2, 0) is 4.79 Å². The van der Waals surface area contributed by atoms with Gasteiger partial charge in [0, 0.05) is 18.4 Å². The minimum atomic E-state index is -0.266. The molecule has 2 nitrogen and oxygen atoms in total. The Labute approximate surface area is 93.6 Å². The molecule has 1 fully saturated rings. The van der Waals surface area contributed by atoms with Crippen LogP contribution in [0.25, 0.3) is 0 Å². The van der Waals surface area contributed by atoms with E-state index in [0.29, 0.717) is 18.2 Å². The van der Waals surface area contributed by atoms with Crippen molar-refractivity contribution >= 4 is 5.78 Å². The predicted octanol–water partition coefficient (Wildman–Crippen LogP) is 2.90. The monoisotopic (exact) mass is 211 g/mol. The van der Waals surface area contributed by atoms with Crippen LogP contribution < -0.4 is 5.73 Å². The topological polar surface area (TPSA) is 43.1 Å². The Hall–Kier alpha value is -0.370. The summed E-state index contributed by atoms with van der Waals surface area (Å²) in [6.07, 6.45) is 8.10. The van der Waals surface area contributed by atoms with E-state index in [0.717, 1.165) is 12.8 Å². The Morgan fingerprint density at radius 2 is 1.93 bits per heavy atom. The third-order valence-electron chi connectivity index (χ3n) is 4.10. The molecule has 2 heteroatoms. The van der Waals surface area contributed by atoms with Crippen LogP contribution in [0.2, 0.25) is 0 Å². The van der Waals surface area contributed by atoms with Gasteiger partial charge in [-0.2, -0.15) is 0 Å². The second-order valence-corrected chi connectivity index (χ2v) is 5.25. The standard InChI is InChI=1S/C13H25NO/c1-3-13(2,10-14)12(15)9-11-7-5-4-6-8-11/h11H,3-10,14H2,1-2H3. The number of hydrogen-bond acceptors (Lipinski definition) is 2. The summed E-state index contributed by atoms with van der Waals surface area (Å²) in [6, 6.07) is 0. The molecule has 0 spiro atoms. The van der Waals surface area contributed by atoms with Crippen molar-refractivity contribution in [3.05, 3.63) is 0 Å². The summed E-state index contributed by atoms with van der Waals surface area (Å²) in [4.78, 5) is 12.1. The number of nitrogens with two attached hydrogens (primary N) is 1. The third-order valence-corrected chi connectivity index (χ3v) is 4.10. The molecule has 88 valence electrons. The Balaban J connectivity index is 2.45. The van der Waals surface area contributed by atoms with Gasteiger partial charge in [0.05, 0.1) is 0 Å². The van der Waals surface area contributed by atoms with Crippen LogP contribution in [0.1, 0.15) is 58.8 Å². The first kappa shape index (κ1) is 12.7. The van der Waals surface area contributed by atoms with Crippen LogP contribution in [-0.4, -0.2) is 12.3 Å². The van der Waals surface area contributed by atoms with Crippen molar-refractivity contribution in [2.75, 3.05) is 6.54 Å². The van der Waals surface area contributed by atoms with E-state index in [1.54, 1.807) is 0 Å². The van der Waals surface area contributed by atoms with Gasteiger partial charge in [-0.1, -0.05) is 46.0 Å². The fourth-order valence-electron chi connectivity index (χ4n) is 2.36. The maximum absolute atomic E-state index is 12.1. The van der Waals surface area contributed by atoms with Gasteiger partial charge < -0.3 is 5.73 Å². The second kappa shape index (κ2) is 5.64. The smallest absolute Gasteiger partial charge is 0.140 e. The van der Waals surface area contributed by atoms with Crippen molar-refractivity contribution in [1.82, 2.24) is 0 Å². The average molecular weight is 211 g/mol. The molecule has 0 radical (unpaired) electrons. The lowest BCUT2D eigenvalue weighted by Crippen LogP contribution is -2.36. The Morgan fingerprint density at radius 3 is 2.40 bits per heavy atom. The molecule has 1 atom stereocenters. The third kappa shape index (κ3) is 3.30. The predicted molar refractivity (Wildman–Crippen MR) is 63.7 cm³/mol. The molecular formula is C13H25NO. The van der Waals surface area contributed by atoms with E-state index in [1.165, 1.54) is 32.1 Å². The van der Waals surface area contributed by atoms with E-state index in [2.05, 4.69) is 6.92 Å². The minimum Gasteiger partial charge on any atom is -0.329 e. The van der Waals surface area contributed by atoms with Crippen LogP contribution in [0.15, 0.2) is 0 Å². The van der Waals surface area contributed by atoms with Gasteiger partial charge in [0.2, 0.25) is 0 Å². The summed E-state index contributed by atoms with van der Waals surface area (Å²) in [5.41, 5.74) is 5.44. The molecular weight excluding hydrogens is 186 g/mol. The molecule has 0 aromatic rings. The molecule has 0 saturated heterocycles. The molecule has 1 unspecified atom stereocenters. The average Bonchev–Trinajstić information content (AvgIpc) is 2.29.